The number of benzene rings is 6. The number of amides is 1. The molecule has 0 spiro atoms. The number of rotatable bonds is 14. The maximum Gasteiger partial charge on any atom is 0.342 e. The lowest BCUT2D eigenvalue weighted by molar-refractivity contribution is -0.117. The molecule has 0 bridgehead atoms. The van der Waals surface area contributed by atoms with Gasteiger partial charge in [-0.3, -0.25) is 4.79 Å². The Hall–Kier alpha value is -5.55. The van der Waals surface area contributed by atoms with Gasteiger partial charge in [0, 0.05) is 16.2 Å². The van der Waals surface area contributed by atoms with Crippen LogP contribution < -0.4 is 14.4 Å². The number of carbonyl (C=O) groups is 2. The van der Waals surface area contributed by atoms with Crippen LogP contribution in [0.1, 0.15) is 38.2 Å². The molecule has 6 aromatic rings. The molecule has 0 fully saturated rings. The van der Waals surface area contributed by atoms with Crippen LogP contribution in [-0.4, -0.2) is 26.8 Å². The molecule has 54 heavy (non-hydrogen) atoms. The van der Waals surface area contributed by atoms with E-state index >= 15 is 0 Å². The zero-order chi connectivity index (χ0) is 38.1. The van der Waals surface area contributed by atoms with Crippen LogP contribution in [0.3, 0.4) is 0 Å². The van der Waals surface area contributed by atoms with Crippen molar-refractivity contribution in [3.05, 3.63) is 183 Å². The van der Waals surface area contributed by atoms with Crippen molar-refractivity contribution in [1.29, 1.82) is 0 Å². The Morgan fingerprint density at radius 3 is 1.94 bits per heavy atom. The molecule has 0 radical (unpaired) electrons. The minimum atomic E-state index is -4.02. The summed E-state index contributed by atoms with van der Waals surface area (Å²) in [5, 5.41) is 0. The Morgan fingerprint density at radius 1 is 0.685 bits per heavy atom. The molecule has 10 heteroatoms. The van der Waals surface area contributed by atoms with Crippen molar-refractivity contribution < 1.29 is 27.5 Å². The largest absolute Gasteiger partial charge is 0.488 e. The Morgan fingerprint density at radius 2 is 1.30 bits per heavy atom. The van der Waals surface area contributed by atoms with Crippen molar-refractivity contribution in [3.8, 4) is 16.9 Å². The number of nitrogens with one attached hydrogen (secondary N) is 1. The van der Waals surface area contributed by atoms with E-state index in [4.69, 9.17) is 9.47 Å². The molecule has 6 rings (SSSR count). The van der Waals surface area contributed by atoms with Gasteiger partial charge >= 0.3 is 5.97 Å². The predicted octanol–water partition coefficient (Wildman–Crippen LogP) is 9.18. The molecule has 0 heterocycles. The van der Waals surface area contributed by atoms with Gasteiger partial charge in [0.1, 0.15) is 24.5 Å². The molecule has 0 aliphatic heterocycles. The molecule has 1 amide bonds. The SMILES string of the molecule is Cc1cccc(S(=O)(=O)NCC(=O)N(Cc2ccc(-c3ccc(Br)cc3)cc2)c2ccc(C(=O)OCc3ccccc3)c(OCc3ccccc3)c2)c1C. The predicted molar refractivity (Wildman–Crippen MR) is 215 cm³/mol. The maximum absolute atomic E-state index is 14.1. The van der Waals surface area contributed by atoms with Crippen LogP contribution in [0.4, 0.5) is 5.69 Å². The average Bonchev–Trinajstić information content (AvgIpc) is 3.19. The average molecular weight is 804 g/mol. The van der Waals surface area contributed by atoms with Crippen molar-refractivity contribution >= 4 is 43.5 Å². The summed E-state index contributed by atoms with van der Waals surface area (Å²) >= 11 is 3.48. The van der Waals surface area contributed by atoms with E-state index in [2.05, 4.69) is 20.7 Å². The Bertz CT molecular complexity index is 2330. The summed E-state index contributed by atoms with van der Waals surface area (Å²) in [4.78, 5) is 29.2. The fourth-order valence-corrected chi connectivity index (χ4v) is 7.35. The van der Waals surface area contributed by atoms with Crippen molar-refractivity contribution in [2.24, 2.45) is 0 Å². The Balaban J connectivity index is 1.32. The molecule has 0 atom stereocenters. The van der Waals surface area contributed by atoms with E-state index in [1.54, 1.807) is 31.2 Å². The lowest BCUT2D eigenvalue weighted by Crippen LogP contribution is -2.40. The van der Waals surface area contributed by atoms with Gasteiger partial charge in [0.25, 0.3) is 0 Å². The number of halogens is 1. The van der Waals surface area contributed by atoms with Gasteiger partial charge in [0.15, 0.2) is 0 Å². The third kappa shape index (κ3) is 9.70. The highest BCUT2D eigenvalue weighted by atomic mass is 79.9. The molecule has 0 saturated carbocycles. The highest BCUT2D eigenvalue weighted by molar-refractivity contribution is 9.10. The first kappa shape index (κ1) is 38.2. The van der Waals surface area contributed by atoms with E-state index in [0.29, 0.717) is 11.3 Å². The van der Waals surface area contributed by atoms with Crippen LogP contribution in [0.5, 0.6) is 5.75 Å². The van der Waals surface area contributed by atoms with Gasteiger partial charge in [-0.1, -0.05) is 125 Å². The molecule has 0 aliphatic rings. The lowest BCUT2D eigenvalue weighted by atomic mass is 10.0. The van der Waals surface area contributed by atoms with Crippen LogP contribution >= 0.6 is 15.9 Å². The third-order valence-corrected chi connectivity index (χ3v) is 11.1. The van der Waals surface area contributed by atoms with Crippen LogP contribution in [0.2, 0.25) is 0 Å². The number of anilines is 1. The van der Waals surface area contributed by atoms with Gasteiger partial charge in [-0.25, -0.2) is 17.9 Å². The van der Waals surface area contributed by atoms with E-state index in [-0.39, 0.29) is 36.0 Å². The van der Waals surface area contributed by atoms with Crippen molar-refractivity contribution in [2.75, 3.05) is 11.4 Å². The van der Waals surface area contributed by atoms with E-state index < -0.39 is 28.4 Å². The Labute approximate surface area is 324 Å². The Kier molecular flexibility index (Phi) is 12.4. The number of carbonyl (C=O) groups excluding carboxylic acids is 2. The number of sulfonamides is 1. The van der Waals surface area contributed by atoms with Crippen LogP contribution in [0.15, 0.2) is 155 Å². The van der Waals surface area contributed by atoms with Crippen LogP contribution in [-0.2, 0) is 39.3 Å². The summed E-state index contributed by atoms with van der Waals surface area (Å²) in [6.07, 6.45) is 0. The highest BCUT2D eigenvalue weighted by Crippen LogP contribution is 2.30. The van der Waals surface area contributed by atoms with E-state index in [1.807, 2.05) is 122 Å². The number of hydrogen-bond acceptors (Lipinski definition) is 6. The van der Waals surface area contributed by atoms with Crippen LogP contribution in [0.25, 0.3) is 11.1 Å². The minimum Gasteiger partial charge on any atom is -0.488 e. The lowest BCUT2D eigenvalue weighted by Gasteiger charge is -2.25. The van der Waals surface area contributed by atoms with E-state index in [9.17, 15) is 18.0 Å². The topological polar surface area (TPSA) is 102 Å². The van der Waals surface area contributed by atoms with Crippen molar-refractivity contribution in [3.63, 3.8) is 0 Å². The fraction of sp³-hybridized carbons (Fsp3) is 0.136. The molecule has 8 nitrogen and oxygen atoms in total. The number of hydrogen-bond donors (Lipinski definition) is 1. The number of nitrogens with zero attached hydrogens (tertiary/aromatic N) is 1. The molecule has 0 unspecified atom stereocenters. The summed E-state index contributed by atoms with van der Waals surface area (Å²) in [7, 11) is -4.02. The highest BCUT2D eigenvalue weighted by Gasteiger charge is 2.24. The normalized spacial score (nSPS) is 11.2. The first-order valence-electron chi connectivity index (χ1n) is 17.3. The molecule has 6 aromatic carbocycles. The third-order valence-electron chi connectivity index (χ3n) is 8.98. The first-order chi connectivity index (χ1) is 26.1. The van der Waals surface area contributed by atoms with Gasteiger partial charge in [0.05, 0.1) is 18.0 Å². The van der Waals surface area contributed by atoms with Crippen LogP contribution in [0, 0.1) is 13.8 Å². The zero-order valence-electron chi connectivity index (χ0n) is 29.9. The summed E-state index contributed by atoms with van der Waals surface area (Å²) < 4.78 is 42.2. The monoisotopic (exact) mass is 802 g/mol. The second-order valence-corrected chi connectivity index (χ2v) is 15.4. The molecular weight excluding hydrogens is 764 g/mol. The van der Waals surface area contributed by atoms with Crippen molar-refractivity contribution in [2.45, 2.75) is 38.5 Å². The maximum atomic E-state index is 14.1. The zero-order valence-corrected chi connectivity index (χ0v) is 32.3. The smallest absolute Gasteiger partial charge is 0.342 e. The second-order valence-electron chi connectivity index (χ2n) is 12.7. The number of esters is 1. The second kappa shape index (κ2) is 17.5. The fourth-order valence-electron chi connectivity index (χ4n) is 5.80. The summed E-state index contributed by atoms with van der Waals surface area (Å²) in [6, 6.07) is 44.5. The summed E-state index contributed by atoms with van der Waals surface area (Å²) in [5.41, 5.74) is 6.58. The number of ether oxygens (including phenoxy) is 2. The quantitative estimate of drug-likeness (QED) is 0.110. The number of aryl methyl sites for hydroxylation is 1. The molecule has 0 saturated heterocycles. The molecule has 0 aliphatic carbocycles. The molecular formula is C44H39BrN2O6S. The standard InChI is InChI=1S/C44H39BrN2O6S/c1-31-10-9-15-42(32(31)2)54(50,51)46-27-43(48)47(28-33-16-18-36(19-17-33)37-20-22-38(45)23-21-37)39-24-25-40(44(49)53-30-35-13-7-4-8-14-35)41(26-39)52-29-34-11-5-3-6-12-34/h3-26,46H,27-30H2,1-2H3. The van der Waals surface area contributed by atoms with Gasteiger partial charge in [-0.05, 0) is 83.1 Å². The van der Waals surface area contributed by atoms with E-state index in [1.165, 1.54) is 11.0 Å². The van der Waals surface area contributed by atoms with Gasteiger partial charge < -0.3 is 14.4 Å². The van der Waals surface area contributed by atoms with E-state index in [0.717, 1.165) is 37.9 Å². The molecule has 1 N–H and O–H groups in total. The van der Waals surface area contributed by atoms with Crippen molar-refractivity contribution in [1.82, 2.24) is 4.72 Å². The molecule has 0 aromatic heterocycles. The van der Waals surface area contributed by atoms with Gasteiger partial charge in [0.2, 0.25) is 15.9 Å². The summed E-state index contributed by atoms with van der Waals surface area (Å²) in [5.74, 6) is -0.876. The minimum absolute atomic E-state index is 0.0704. The molecule has 274 valence electrons. The first-order valence-corrected chi connectivity index (χ1v) is 19.6. The summed E-state index contributed by atoms with van der Waals surface area (Å²) in [6.45, 7) is 3.40. The van der Waals surface area contributed by atoms with Gasteiger partial charge in [-0.2, -0.15) is 0 Å². The van der Waals surface area contributed by atoms with Gasteiger partial charge in [-0.15, -0.1) is 0 Å².